The molecule has 2 rings (SSSR count). The standard InChI is InChI=1S/C15H21NO3/c1-16-9-4-5-11(8-10-16)12-6-2-3-7-13(12)14(17)15(18)19/h2-3,6-7,11,14,17H,4-5,8-10H2,1H3,(H,18,19). The number of aliphatic hydroxyl groups excluding tert-OH is 1. The molecule has 0 bridgehead atoms. The van der Waals surface area contributed by atoms with Gasteiger partial charge in [-0.1, -0.05) is 24.3 Å². The second-order valence-corrected chi connectivity index (χ2v) is 5.30. The topological polar surface area (TPSA) is 60.8 Å². The van der Waals surface area contributed by atoms with Gasteiger partial charge in [-0.25, -0.2) is 4.79 Å². The number of aliphatic hydroxyl groups is 1. The van der Waals surface area contributed by atoms with E-state index in [0.717, 1.165) is 37.9 Å². The molecule has 1 fully saturated rings. The van der Waals surface area contributed by atoms with Gasteiger partial charge in [0, 0.05) is 0 Å². The fourth-order valence-electron chi connectivity index (χ4n) is 2.82. The lowest BCUT2D eigenvalue weighted by Crippen LogP contribution is -2.19. The number of carboxylic acids is 1. The third-order valence-electron chi connectivity index (χ3n) is 3.92. The number of likely N-dealkylation sites (tertiary alicyclic amines) is 1. The number of carbonyl (C=O) groups is 1. The number of hydrogen-bond donors (Lipinski definition) is 2. The number of aliphatic carboxylic acids is 1. The maximum absolute atomic E-state index is 11.0. The van der Waals surface area contributed by atoms with Gasteiger partial charge in [0.2, 0.25) is 0 Å². The molecule has 0 amide bonds. The molecule has 4 nitrogen and oxygen atoms in total. The van der Waals surface area contributed by atoms with Crippen LogP contribution in [0.5, 0.6) is 0 Å². The van der Waals surface area contributed by atoms with Crippen molar-refractivity contribution in [3.05, 3.63) is 35.4 Å². The van der Waals surface area contributed by atoms with Gasteiger partial charge in [-0.3, -0.25) is 0 Å². The molecular formula is C15H21NO3. The van der Waals surface area contributed by atoms with Crippen molar-refractivity contribution in [1.29, 1.82) is 0 Å². The quantitative estimate of drug-likeness (QED) is 0.875. The van der Waals surface area contributed by atoms with Gasteiger partial charge in [-0.15, -0.1) is 0 Å². The first kappa shape index (κ1) is 14.0. The molecule has 19 heavy (non-hydrogen) atoms. The Kier molecular flexibility index (Phi) is 4.56. The van der Waals surface area contributed by atoms with Crippen LogP contribution in [0.2, 0.25) is 0 Å². The molecular weight excluding hydrogens is 242 g/mol. The van der Waals surface area contributed by atoms with Crippen LogP contribution >= 0.6 is 0 Å². The molecule has 2 atom stereocenters. The smallest absolute Gasteiger partial charge is 0.337 e. The Hall–Kier alpha value is -1.39. The Labute approximate surface area is 113 Å². The second kappa shape index (κ2) is 6.17. The van der Waals surface area contributed by atoms with Crippen molar-refractivity contribution in [2.75, 3.05) is 20.1 Å². The predicted octanol–water partition coefficient (Wildman–Crippen LogP) is 2.00. The summed E-state index contributed by atoms with van der Waals surface area (Å²) in [6.45, 7) is 2.10. The molecule has 104 valence electrons. The van der Waals surface area contributed by atoms with E-state index in [1.807, 2.05) is 12.1 Å². The molecule has 1 aliphatic heterocycles. The predicted molar refractivity (Wildman–Crippen MR) is 73.1 cm³/mol. The van der Waals surface area contributed by atoms with Gasteiger partial charge in [0.1, 0.15) is 0 Å². The minimum absolute atomic E-state index is 0.343. The molecule has 0 aliphatic carbocycles. The van der Waals surface area contributed by atoms with E-state index in [2.05, 4.69) is 11.9 Å². The third-order valence-corrected chi connectivity index (χ3v) is 3.92. The number of carboxylic acid groups (broad SMARTS) is 1. The molecule has 4 heteroatoms. The first-order valence-corrected chi connectivity index (χ1v) is 6.78. The van der Waals surface area contributed by atoms with Crippen molar-refractivity contribution in [2.24, 2.45) is 0 Å². The molecule has 0 aromatic heterocycles. The van der Waals surface area contributed by atoms with Gasteiger partial charge in [-0.2, -0.15) is 0 Å². The van der Waals surface area contributed by atoms with E-state index >= 15 is 0 Å². The number of rotatable bonds is 3. The third kappa shape index (κ3) is 3.33. The Morgan fingerprint density at radius 3 is 2.79 bits per heavy atom. The molecule has 1 aromatic carbocycles. The zero-order chi connectivity index (χ0) is 13.8. The average molecular weight is 263 g/mol. The summed E-state index contributed by atoms with van der Waals surface area (Å²) in [7, 11) is 2.11. The highest BCUT2D eigenvalue weighted by molar-refractivity contribution is 5.74. The highest BCUT2D eigenvalue weighted by atomic mass is 16.4. The summed E-state index contributed by atoms with van der Waals surface area (Å²) in [5, 5.41) is 18.8. The summed E-state index contributed by atoms with van der Waals surface area (Å²) in [4.78, 5) is 13.3. The number of benzene rings is 1. The van der Waals surface area contributed by atoms with Crippen LogP contribution < -0.4 is 0 Å². The highest BCUT2D eigenvalue weighted by Gasteiger charge is 2.24. The normalized spacial score (nSPS) is 22.7. The Morgan fingerprint density at radius 1 is 1.32 bits per heavy atom. The molecule has 1 aliphatic rings. The van der Waals surface area contributed by atoms with Crippen LogP contribution in [-0.2, 0) is 4.79 Å². The lowest BCUT2D eigenvalue weighted by atomic mass is 9.87. The molecule has 2 unspecified atom stereocenters. The van der Waals surface area contributed by atoms with E-state index in [-0.39, 0.29) is 0 Å². The lowest BCUT2D eigenvalue weighted by Gasteiger charge is -2.20. The van der Waals surface area contributed by atoms with Crippen molar-refractivity contribution in [3.8, 4) is 0 Å². The summed E-state index contributed by atoms with van der Waals surface area (Å²) in [6.07, 6.45) is 1.75. The Balaban J connectivity index is 2.26. The largest absolute Gasteiger partial charge is 0.479 e. The van der Waals surface area contributed by atoms with Crippen molar-refractivity contribution >= 4 is 5.97 Å². The van der Waals surface area contributed by atoms with Crippen LogP contribution in [0.15, 0.2) is 24.3 Å². The SMILES string of the molecule is CN1CCCC(c2ccccc2C(O)C(=O)O)CC1. The molecule has 1 heterocycles. The minimum Gasteiger partial charge on any atom is -0.479 e. The summed E-state index contributed by atoms with van der Waals surface area (Å²) in [6, 6.07) is 7.38. The fraction of sp³-hybridized carbons (Fsp3) is 0.533. The Morgan fingerprint density at radius 2 is 2.05 bits per heavy atom. The number of hydrogen-bond acceptors (Lipinski definition) is 3. The van der Waals surface area contributed by atoms with Crippen molar-refractivity contribution in [3.63, 3.8) is 0 Å². The summed E-state index contributed by atoms with van der Waals surface area (Å²) >= 11 is 0. The molecule has 0 saturated carbocycles. The fourth-order valence-corrected chi connectivity index (χ4v) is 2.82. The molecule has 0 spiro atoms. The van der Waals surface area contributed by atoms with Gasteiger partial charge in [-0.05, 0) is 56.4 Å². The average Bonchev–Trinajstić information content (AvgIpc) is 2.62. The first-order chi connectivity index (χ1) is 9.09. The Bertz CT molecular complexity index is 447. The molecule has 0 radical (unpaired) electrons. The van der Waals surface area contributed by atoms with Crippen LogP contribution in [0.3, 0.4) is 0 Å². The van der Waals surface area contributed by atoms with Crippen LogP contribution in [0, 0.1) is 0 Å². The van der Waals surface area contributed by atoms with E-state index in [1.54, 1.807) is 12.1 Å². The van der Waals surface area contributed by atoms with Crippen LogP contribution in [0.25, 0.3) is 0 Å². The first-order valence-electron chi connectivity index (χ1n) is 6.78. The highest BCUT2D eigenvalue weighted by Crippen LogP contribution is 2.32. The zero-order valence-electron chi connectivity index (χ0n) is 11.2. The van der Waals surface area contributed by atoms with E-state index in [1.165, 1.54) is 0 Å². The molecule has 1 saturated heterocycles. The van der Waals surface area contributed by atoms with Gasteiger partial charge >= 0.3 is 5.97 Å². The van der Waals surface area contributed by atoms with Crippen LogP contribution in [0.1, 0.15) is 42.4 Å². The molecule has 2 N–H and O–H groups in total. The van der Waals surface area contributed by atoms with Gasteiger partial charge in [0.25, 0.3) is 0 Å². The van der Waals surface area contributed by atoms with Gasteiger partial charge in [0.15, 0.2) is 6.10 Å². The van der Waals surface area contributed by atoms with Crippen molar-refractivity contribution in [2.45, 2.75) is 31.3 Å². The van der Waals surface area contributed by atoms with E-state index in [4.69, 9.17) is 5.11 Å². The van der Waals surface area contributed by atoms with Crippen molar-refractivity contribution in [1.82, 2.24) is 4.90 Å². The van der Waals surface area contributed by atoms with Gasteiger partial charge < -0.3 is 15.1 Å². The lowest BCUT2D eigenvalue weighted by molar-refractivity contribution is -0.147. The van der Waals surface area contributed by atoms with Gasteiger partial charge in [0.05, 0.1) is 0 Å². The maximum Gasteiger partial charge on any atom is 0.337 e. The van der Waals surface area contributed by atoms with E-state index < -0.39 is 12.1 Å². The van der Waals surface area contributed by atoms with Crippen LogP contribution in [0.4, 0.5) is 0 Å². The summed E-state index contributed by atoms with van der Waals surface area (Å²) in [5.74, 6) is -0.840. The minimum atomic E-state index is -1.42. The summed E-state index contributed by atoms with van der Waals surface area (Å²) < 4.78 is 0. The second-order valence-electron chi connectivity index (χ2n) is 5.30. The molecule has 1 aromatic rings. The van der Waals surface area contributed by atoms with E-state index in [0.29, 0.717) is 11.5 Å². The maximum atomic E-state index is 11.0. The van der Waals surface area contributed by atoms with Crippen LogP contribution in [-0.4, -0.2) is 41.2 Å². The monoisotopic (exact) mass is 263 g/mol. The zero-order valence-corrected chi connectivity index (χ0v) is 11.2. The van der Waals surface area contributed by atoms with E-state index in [9.17, 15) is 9.90 Å². The summed E-state index contributed by atoms with van der Waals surface area (Å²) in [5.41, 5.74) is 1.54. The van der Waals surface area contributed by atoms with Crippen molar-refractivity contribution < 1.29 is 15.0 Å². The number of nitrogens with zero attached hydrogens (tertiary/aromatic N) is 1.